The van der Waals surface area contributed by atoms with Crippen LogP contribution in [0.5, 0.6) is 0 Å². The van der Waals surface area contributed by atoms with Crippen LogP contribution < -0.4 is 10.6 Å². The molecule has 0 bridgehead atoms. The van der Waals surface area contributed by atoms with Crippen LogP contribution in [-0.2, 0) is 11.2 Å². The molecule has 0 saturated carbocycles. The molecule has 0 fully saturated rings. The summed E-state index contributed by atoms with van der Waals surface area (Å²) in [5, 5.41) is 6.79. The van der Waals surface area contributed by atoms with Gasteiger partial charge in [0, 0.05) is 0 Å². The van der Waals surface area contributed by atoms with Gasteiger partial charge in [-0.1, -0.05) is 84.8 Å². The van der Waals surface area contributed by atoms with Gasteiger partial charge in [-0.3, -0.25) is 9.59 Å². The Morgan fingerprint density at radius 2 is 1.79 bits per heavy atom. The van der Waals surface area contributed by atoms with Gasteiger partial charge in [-0.2, -0.15) is 0 Å². The molecule has 1 atom stereocenters. The minimum absolute atomic E-state index is 0.0673. The molecule has 0 saturated heterocycles. The minimum atomic E-state index is -0.514. The van der Waals surface area contributed by atoms with Crippen LogP contribution in [0.15, 0.2) is 72.8 Å². The Labute approximate surface area is 208 Å². The van der Waals surface area contributed by atoms with Gasteiger partial charge < -0.3 is 10.6 Å². The lowest BCUT2D eigenvalue weighted by molar-refractivity contribution is -0.116. The van der Waals surface area contributed by atoms with Crippen molar-refractivity contribution in [2.75, 3.05) is 5.32 Å². The number of hydrogen-bond donors (Lipinski definition) is 2. The van der Waals surface area contributed by atoms with Gasteiger partial charge in [0.1, 0.15) is 0 Å². The van der Waals surface area contributed by atoms with Gasteiger partial charge in [-0.15, -0.1) is 0 Å². The summed E-state index contributed by atoms with van der Waals surface area (Å²) in [4.78, 5) is 30.4. The van der Waals surface area contributed by atoms with Crippen LogP contribution in [0.25, 0.3) is 10.2 Å². The highest BCUT2D eigenvalue weighted by Gasteiger charge is 2.21. The van der Waals surface area contributed by atoms with Crippen LogP contribution in [0, 0.1) is 0 Å². The molecule has 0 aliphatic heterocycles. The first-order chi connectivity index (χ1) is 16.5. The van der Waals surface area contributed by atoms with Crippen LogP contribution in [-0.4, -0.2) is 16.8 Å². The number of amides is 2. The summed E-state index contributed by atoms with van der Waals surface area (Å²) >= 11 is 7.65. The number of aryl methyl sites for hydroxylation is 1. The maximum absolute atomic E-state index is 12.9. The summed E-state index contributed by atoms with van der Waals surface area (Å²) in [5.74, 6) is -0.551. The first-order valence-corrected chi connectivity index (χ1v) is 12.5. The van der Waals surface area contributed by atoms with Crippen LogP contribution >= 0.6 is 22.9 Å². The van der Waals surface area contributed by atoms with E-state index in [4.69, 9.17) is 11.6 Å². The third-order valence-corrected chi connectivity index (χ3v) is 6.80. The Balaban J connectivity index is 1.48. The number of carbonyl (C=O) groups is 2. The average molecular weight is 492 g/mol. The fourth-order valence-electron chi connectivity index (χ4n) is 3.73. The molecular weight excluding hydrogens is 466 g/mol. The van der Waals surface area contributed by atoms with E-state index < -0.39 is 6.04 Å². The molecule has 5 nitrogen and oxygen atoms in total. The van der Waals surface area contributed by atoms with E-state index in [0.29, 0.717) is 15.7 Å². The molecule has 0 unspecified atom stereocenters. The normalized spacial score (nSPS) is 11.8. The molecule has 0 spiro atoms. The molecule has 7 heteroatoms. The molecule has 3 aromatic carbocycles. The standard InChI is InChI=1S/C27H26ClN3O2S/c1-2-3-9-18-14-15-22-24(16-18)34-27(30-22)31-25(32)17-23(19-10-5-4-6-11-19)29-26(33)20-12-7-8-13-21(20)28/h4-8,10-16,23H,2-3,9,17H2,1H3,(H,29,33)(H,30,31,32)/t23-/m1/s1. The zero-order valence-electron chi connectivity index (χ0n) is 18.9. The average Bonchev–Trinajstić information content (AvgIpc) is 3.24. The molecule has 34 heavy (non-hydrogen) atoms. The van der Waals surface area contributed by atoms with Crippen molar-refractivity contribution in [2.45, 2.75) is 38.6 Å². The summed E-state index contributed by atoms with van der Waals surface area (Å²) < 4.78 is 1.05. The number of halogens is 1. The third kappa shape index (κ3) is 6.01. The van der Waals surface area contributed by atoms with Gasteiger partial charge in [0.25, 0.3) is 5.91 Å². The fourth-order valence-corrected chi connectivity index (χ4v) is 4.90. The van der Waals surface area contributed by atoms with Gasteiger partial charge in [-0.25, -0.2) is 4.98 Å². The van der Waals surface area contributed by atoms with Gasteiger partial charge >= 0.3 is 0 Å². The van der Waals surface area contributed by atoms with E-state index in [9.17, 15) is 9.59 Å². The quantitative estimate of drug-likeness (QED) is 0.270. The van der Waals surface area contributed by atoms with Gasteiger partial charge in [0.05, 0.1) is 33.3 Å². The highest BCUT2D eigenvalue weighted by Crippen LogP contribution is 2.28. The summed E-state index contributed by atoms with van der Waals surface area (Å²) in [6.07, 6.45) is 3.40. The Hall–Kier alpha value is -3.22. The number of benzene rings is 3. The minimum Gasteiger partial charge on any atom is -0.345 e. The monoisotopic (exact) mass is 491 g/mol. The highest BCUT2D eigenvalue weighted by molar-refractivity contribution is 7.22. The second kappa shape index (κ2) is 11.3. The van der Waals surface area contributed by atoms with E-state index in [1.807, 2.05) is 36.4 Å². The summed E-state index contributed by atoms with van der Waals surface area (Å²) in [6.45, 7) is 2.18. The van der Waals surface area contributed by atoms with Crippen molar-refractivity contribution in [3.8, 4) is 0 Å². The summed E-state index contributed by atoms with van der Waals surface area (Å²) in [7, 11) is 0. The SMILES string of the molecule is CCCCc1ccc2nc(NC(=O)C[C@@H](NC(=O)c3ccccc3Cl)c3ccccc3)sc2c1. The van der Waals surface area contributed by atoms with Crippen molar-refractivity contribution in [1.82, 2.24) is 10.3 Å². The molecular formula is C27H26ClN3O2S. The van der Waals surface area contributed by atoms with E-state index in [2.05, 4.69) is 34.7 Å². The van der Waals surface area contributed by atoms with Crippen LogP contribution in [0.4, 0.5) is 5.13 Å². The predicted octanol–water partition coefficient (Wildman–Crippen LogP) is 6.79. The molecule has 174 valence electrons. The topological polar surface area (TPSA) is 71.1 Å². The largest absolute Gasteiger partial charge is 0.345 e. The number of thiazole rings is 1. The molecule has 2 amide bonds. The smallest absolute Gasteiger partial charge is 0.253 e. The number of rotatable bonds is 9. The Kier molecular flexibility index (Phi) is 7.93. The van der Waals surface area contributed by atoms with E-state index in [1.54, 1.807) is 24.3 Å². The highest BCUT2D eigenvalue weighted by atomic mass is 35.5. The van der Waals surface area contributed by atoms with Crippen molar-refractivity contribution in [1.29, 1.82) is 0 Å². The van der Waals surface area contributed by atoms with E-state index in [1.165, 1.54) is 16.9 Å². The number of fused-ring (bicyclic) bond motifs is 1. The number of nitrogens with zero attached hydrogens (tertiary/aromatic N) is 1. The van der Waals surface area contributed by atoms with Crippen LogP contribution in [0.3, 0.4) is 0 Å². The molecule has 0 aliphatic carbocycles. The number of nitrogens with one attached hydrogen (secondary N) is 2. The van der Waals surface area contributed by atoms with Crippen molar-refractivity contribution < 1.29 is 9.59 Å². The van der Waals surface area contributed by atoms with Crippen LogP contribution in [0.2, 0.25) is 5.02 Å². The lowest BCUT2D eigenvalue weighted by atomic mass is 10.0. The molecule has 0 radical (unpaired) electrons. The maximum Gasteiger partial charge on any atom is 0.253 e. The molecule has 0 aliphatic rings. The second-order valence-electron chi connectivity index (χ2n) is 8.09. The Bertz CT molecular complexity index is 1290. The summed E-state index contributed by atoms with van der Waals surface area (Å²) in [6, 6.07) is 22.0. The van der Waals surface area contributed by atoms with E-state index in [0.717, 1.165) is 35.0 Å². The lowest BCUT2D eigenvalue weighted by Crippen LogP contribution is -2.31. The fraction of sp³-hybridized carbons (Fsp3) is 0.222. The molecule has 2 N–H and O–H groups in total. The van der Waals surface area contributed by atoms with Gasteiger partial charge in [0.2, 0.25) is 5.91 Å². The molecule has 4 aromatic rings. The van der Waals surface area contributed by atoms with Gasteiger partial charge in [0.15, 0.2) is 5.13 Å². The van der Waals surface area contributed by atoms with Crippen molar-refractivity contribution in [3.05, 3.63) is 94.5 Å². The van der Waals surface area contributed by atoms with E-state index in [-0.39, 0.29) is 18.2 Å². The zero-order valence-corrected chi connectivity index (χ0v) is 20.5. The number of unbranched alkanes of at least 4 members (excludes halogenated alkanes) is 1. The molecule has 1 heterocycles. The van der Waals surface area contributed by atoms with Crippen molar-refractivity contribution in [2.24, 2.45) is 0 Å². The second-order valence-corrected chi connectivity index (χ2v) is 9.53. The predicted molar refractivity (Wildman–Crippen MR) is 140 cm³/mol. The molecule has 1 aromatic heterocycles. The van der Waals surface area contributed by atoms with E-state index >= 15 is 0 Å². The number of carbonyl (C=O) groups excluding carboxylic acids is 2. The van der Waals surface area contributed by atoms with Crippen molar-refractivity contribution in [3.63, 3.8) is 0 Å². The number of hydrogen-bond acceptors (Lipinski definition) is 4. The summed E-state index contributed by atoms with van der Waals surface area (Å²) in [5.41, 5.74) is 3.35. The maximum atomic E-state index is 12.9. The third-order valence-electron chi connectivity index (χ3n) is 5.53. The first-order valence-electron chi connectivity index (χ1n) is 11.3. The number of anilines is 1. The number of aromatic nitrogens is 1. The first kappa shape index (κ1) is 23.9. The van der Waals surface area contributed by atoms with Gasteiger partial charge in [-0.05, 0) is 48.2 Å². The lowest BCUT2D eigenvalue weighted by Gasteiger charge is -2.19. The molecule has 4 rings (SSSR count). The van der Waals surface area contributed by atoms with Crippen molar-refractivity contribution >= 4 is 50.1 Å². The zero-order chi connectivity index (χ0) is 23.9. The van der Waals surface area contributed by atoms with Crippen LogP contribution in [0.1, 0.15) is 53.7 Å². The Morgan fingerprint density at radius 1 is 1.03 bits per heavy atom. The Morgan fingerprint density at radius 3 is 2.56 bits per heavy atom.